The molecule has 37 heavy (non-hydrogen) atoms. The average molecular weight is 500 g/mol. The molecule has 0 unspecified atom stereocenters. The Morgan fingerprint density at radius 3 is 2.54 bits per heavy atom. The number of ether oxygens (including phenoxy) is 2. The second-order valence-electron chi connectivity index (χ2n) is 9.07. The van der Waals surface area contributed by atoms with Crippen molar-refractivity contribution < 1.29 is 14.6 Å². The fourth-order valence-corrected chi connectivity index (χ4v) is 4.42. The van der Waals surface area contributed by atoms with Crippen molar-refractivity contribution in [3.05, 3.63) is 66.4 Å². The Labute approximate surface area is 215 Å². The molecule has 1 N–H and O–H groups in total. The van der Waals surface area contributed by atoms with Crippen molar-refractivity contribution in [2.75, 3.05) is 44.8 Å². The minimum absolute atomic E-state index is 0.162. The largest absolute Gasteiger partial charge is 0.495 e. The van der Waals surface area contributed by atoms with E-state index in [2.05, 4.69) is 26.0 Å². The molecule has 0 spiro atoms. The lowest BCUT2D eigenvalue weighted by atomic mass is 10.1. The summed E-state index contributed by atoms with van der Waals surface area (Å²) in [6.07, 6.45) is 6.24. The van der Waals surface area contributed by atoms with Gasteiger partial charge in [-0.3, -0.25) is 9.88 Å². The number of aliphatic hydroxyl groups is 1. The first-order valence-corrected chi connectivity index (χ1v) is 12.2. The number of nitriles is 1. The predicted molar refractivity (Wildman–Crippen MR) is 139 cm³/mol. The number of aromatic nitrogens is 4. The third-order valence-electron chi connectivity index (χ3n) is 6.37. The standard InChI is InChI=1S/C27H29N7O3/c1-19(35)18-37-24-11-25(27-21(12-28)14-31-34(27)17-24)20-3-6-26(30-13-20)33-9-7-32(8-10-33)16-22-4-5-23(36-2)15-29-22/h3-6,11,13-15,17,19,35H,7-10,16,18H2,1-2H3/t19-/m0/s1. The summed E-state index contributed by atoms with van der Waals surface area (Å²) in [7, 11) is 1.64. The van der Waals surface area contributed by atoms with Crippen LogP contribution in [0, 0.1) is 11.3 Å². The third kappa shape index (κ3) is 5.48. The van der Waals surface area contributed by atoms with Gasteiger partial charge >= 0.3 is 0 Å². The molecule has 4 aromatic rings. The van der Waals surface area contributed by atoms with E-state index in [1.54, 1.807) is 37.1 Å². The number of methoxy groups -OCH3 is 1. The van der Waals surface area contributed by atoms with Crippen LogP contribution in [0.25, 0.3) is 16.6 Å². The Hall–Kier alpha value is -4.20. The van der Waals surface area contributed by atoms with Gasteiger partial charge in [0.05, 0.1) is 48.6 Å². The van der Waals surface area contributed by atoms with Crippen LogP contribution in [0.2, 0.25) is 0 Å². The lowest BCUT2D eigenvalue weighted by Gasteiger charge is -2.35. The first-order valence-electron chi connectivity index (χ1n) is 12.2. The molecule has 10 nitrogen and oxygen atoms in total. The topological polar surface area (TPSA) is 112 Å². The number of hydrogen-bond donors (Lipinski definition) is 1. The van der Waals surface area contributed by atoms with E-state index in [1.165, 1.54) is 0 Å². The van der Waals surface area contributed by atoms with Gasteiger partial charge in [0.25, 0.3) is 0 Å². The summed E-state index contributed by atoms with van der Waals surface area (Å²) in [5.41, 5.74) is 3.86. The summed E-state index contributed by atoms with van der Waals surface area (Å²) < 4.78 is 12.5. The Morgan fingerprint density at radius 2 is 1.89 bits per heavy atom. The average Bonchev–Trinajstić information content (AvgIpc) is 3.35. The molecule has 5 rings (SSSR count). The SMILES string of the molecule is COc1ccc(CN2CCN(c3ccc(-c4cc(OC[C@H](C)O)cn5ncc(C#N)c45)cn3)CC2)nc1. The second kappa shape index (κ2) is 10.8. The maximum absolute atomic E-state index is 9.60. The van der Waals surface area contributed by atoms with Gasteiger partial charge < -0.3 is 19.5 Å². The summed E-state index contributed by atoms with van der Waals surface area (Å²) in [4.78, 5) is 13.9. The van der Waals surface area contributed by atoms with Crippen molar-refractivity contribution in [2.24, 2.45) is 0 Å². The van der Waals surface area contributed by atoms with Crippen LogP contribution >= 0.6 is 0 Å². The van der Waals surface area contributed by atoms with Crippen molar-refractivity contribution in [3.63, 3.8) is 0 Å². The Morgan fingerprint density at radius 1 is 1.05 bits per heavy atom. The van der Waals surface area contributed by atoms with Gasteiger partial charge in [0, 0.05) is 50.0 Å². The first-order chi connectivity index (χ1) is 18.0. The van der Waals surface area contributed by atoms with Gasteiger partial charge in [-0.1, -0.05) is 0 Å². The number of anilines is 1. The first kappa shape index (κ1) is 24.5. The van der Waals surface area contributed by atoms with Crippen molar-refractivity contribution >= 4 is 11.3 Å². The van der Waals surface area contributed by atoms with Crippen molar-refractivity contribution in [2.45, 2.75) is 19.6 Å². The van der Waals surface area contributed by atoms with Gasteiger partial charge in [-0.05, 0) is 37.3 Å². The van der Waals surface area contributed by atoms with E-state index < -0.39 is 6.10 Å². The predicted octanol–water partition coefficient (Wildman–Crippen LogP) is 2.75. The zero-order chi connectivity index (χ0) is 25.8. The molecule has 0 radical (unpaired) electrons. The smallest absolute Gasteiger partial charge is 0.138 e. The molecule has 0 aromatic carbocycles. The van der Waals surface area contributed by atoms with E-state index >= 15 is 0 Å². The molecule has 0 saturated carbocycles. The molecule has 1 saturated heterocycles. The molecule has 1 atom stereocenters. The molecule has 1 fully saturated rings. The molecular weight excluding hydrogens is 470 g/mol. The number of piperazine rings is 1. The van der Waals surface area contributed by atoms with Crippen LogP contribution in [0.3, 0.4) is 0 Å². The van der Waals surface area contributed by atoms with Gasteiger partial charge in [0.15, 0.2) is 0 Å². The molecule has 10 heteroatoms. The number of fused-ring (bicyclic) bond motifs is 1. The highest BCUT2D eigenvalue weighted by Crippen LogP contribution is 2.31. The van der Waals surface area contributed by atoms with Crippen molar-refractivity contribution in [1.82, 2.24) is 24.5 Å². The highest BCUT2D eigenvalue weighted by molar-refractivity contribution is 5.85. The van der Waals surface area contributed by atoms with Crippen molar-refractivity contribution in [1.29, 1.82) is 5.26 Å². The minimum atomic E-state index is -0.597. The van der Waals surface area contributed by atoms with Crippen LogP contribution in [-0.2, 0) is 6.54 Å². The van der Waals surface area contributed by atoms with E-state index in [0.717, 1.165) is 61.1 Å². The summed E-state index contributed by atoms with van der Waals surface area (Å²) in [6, 6.07) is 12.0. The zero-order valence-corrected chi connectivity index (χ0v) is 20.9. The summed E-state index contributed by atoms with van der Waals surface area (Å²) in [5.74, 6) is 2.24. The van der Waals surface area contributed by atoms with Gasteiger partial charge in [0.2, 0.25) is 0 Å². The quantitative estimate of drug-likeness (QED) is 0.391. The molecule has 0 bridgehead atoms. The lowest BCUT2D eigenvalue weighted by molar-refractivity contribution is 0.122. The molecule has 0 aliphatic carbocycles. The highest BCUT2D eigenvalue weighted by atomic mass is 16.5. The van der Waals surface area contributed by atoms with Crippen LogP contribution in [0.1, 0.15) is 18.2 Å². The molecular formula is C27H29N7O3. The lowest BCUT2D eigenvalue weighted by Crippen LogP contribution is -2.46. The number of nitrogens with zero attached hydrogens (tertiary/aromatic N) is 7. The number of pyridine rings is 3. The number of rotatable bonds is 8. The summed E-state index contributed by atoms with van der Waals surface area (Å²) in [5, 5.41) is 23.5. The van der Waals surface area contributed by atoms with Crippen LogP contribution in [0.5, 0.6) is 11.5 Å². The molecule has 0 amide bonds. The Kier molecular flexibility index (Phi) is 7.16. The van der Waals surface area contributed by atoms with Crippen LogP contribution < -0.4 is 14.4 Å². The van der Waals surface area contributed by atoms with E-state index in [4.69, 9.17) is 14.5 Å². The molecule has 1 aliphatic rings. The fourth-order valence-electron chi connectivity index (χ4n) is 4.42. The highest BCUT2D eigenvalue weighted by Gasteiger charge is 2.19. The molecule has 4 aromatic heterocycles. The maximum atomic E-state index is 9.60. The monoisotopic (exact) mass is 499 g/mol. The van der Waals surface area contributed by atoms with Crippen LogP contribution in [0.15, 0.2) is 55.1 Å². The maximum Gasteiger partial charge on any atom is 0.138 e. The van der Waals surface area contributed by atoms with Gasteiger partial charge in [0.1, 0.15) is 30.0 Å². The zero-order valence-electron chi connectivity index (χ0n) is 20.9. The Balaban J connectivity index is 1.30. The number of aliphatic hydroxyl groups excluding tert-OH is 1. The van der Waals surface area contributed by atoms with Gasteiger partial charge in [-0.2, -0.15) is 10.4 Å². The molecule has 1 aliphatic heterocycles. The second-order valence-corrected chi connectivity index (χ2v) is 9.07. The third-order valence-corrected chi connectivity index (χ3v) is 6.37. The van der Waals surface area contributed by atoms with E-state index in [0.29, 0.717) is 16.8 Å². The van der Waals surface area contributed by atoms with E-state index in [9.17, 15) is 10.4 Å². The number of hydrogen-bond acceptors (Lipinski definition) is 9. The van der Waals surface area contributed by atoms with Gasteiger partial charge in [-0.25, -0.2) is 9.50 Å². The molecule has 190 valence electrons. The van der Waals surface area contributed by atoms with Gasteiger partial charge in [-0.15, -0.1) is 0 Å². The normalized spacial score (nSPS) is 14.9. The van der Waals surface area contributed by atoms with Crippen LogP contribution in [0.4, 0.5) is 5.82 Å². The van der Waals surface area contributed by atoms with Crippen molar-refractivity contribution in [3.8, 4) is 28.7 Å². The van der Waals surface area contributed by atoms with E-state index in [1.807, 2.05) is 36.5 Å². The van der Waals surface area contributed by atoms with Crippen LogP contribution in [-0.4, -0.2) is 75.6 Å². The van der Waals surface area contributed by atoms with E-state index in [-0.39, 0.29) is 6.61 Å². The minimum Gasteiger partial charge on any atom is -0.495 e. The fraction of sp³-hybridized carbons (Fsp3) is 0.333. The summed E-state index contributed by atoms with van der Waals surface area (Å²) >= 11 is 0. The Bertz CT molecular complexity index is 1390. The summed E-state index contributed by atoms with van der Waals surface area (Å²) in [6.45, 7) is 6.21. The molecule has 5 heterocycles.